The lowest BCUT2D eigenvalue weighted by Gasteiger charge is -2.06. The molecule has 0 amide bonds. The Hall–Kier alpha value is -0.550. The monoisotopic (exact) mass is 306 g/mol. The molecule has 0 aliphatic carbocycles. The lowest BCUT2D eigenvalue weighted by molar-refractivity contribution is 0.597. The van der Waals surface area contributed by atoms with Gasteiger partial charge in [0.15, 0.2) is 9.84 Å². The fourth-order valence-corrected chi connectivity index (χ4v) is 4.56. The van der Waals surface area contributed by atoms with Gasteiger partial charge < -0.3 is 0 Å². The Labute approximate surface area is 114 Å². The first-order valence-electron chi connectivity index (χ1n) is 4.70. The predicted molar refractivity (Wildman–Crippen MR) is 71.7 cm³/mol. The van der Waals surface area contributed by atoms with E-state index >= 15 is 0 Å². The van der Waals surface area contributed by atoms with Gasteiger partial charge in [-0.25, -0.2) is 8.42 Å². The second-order valence-electron chi connectivity index (χ2n) is 3.39. The van der Waals surface area contributed by atoms with Gasteiger partial charge in [0.2, 0.25) is 0 Å². The van der Waals surface area contributed by atoms with Gasteiger partial charge in [-0.3, -0.25) is 0 Å². The molecule has 1 aromatic heterocycles. The first kappa shape index (κ1) is 12.9. The molecule has 2 aromatic rings. The van der Waals surface area contributed by atoms with Crippen LogP contribution in [0.1, 0.15) is 5.56 Å². The van der Waals surface area contributed by atoms with Crippen LogP contribution in [0.4, 0.5) is 0 Å². The summed E-state index contributed by atoms with van der Waals surface area (Å²) in [6.45, 7) is 0. The average Bonchev–Trinajstić information content (AvgIpc) is 2.77. The van der Waals surface area contributed by atoms with Crippen molar-refractivity contribution < 1.29 is 8.42 Å². The van der Waals surface area contributed by atoms with Crippen molar-refractivity contribution in [2.24, 2.45) is 0 Å². The van der Waals surface area contributed by atoms with Gasteiger partial charge in [-0.05, 0) is 23.6 Å². The Morgan fingerprint density at radius 1 is 1.06 bits per heavy atom. The van der Waals surface area contributed by atoms with E-state index in [1.54, 1.807) is 35.7 Å². The molecule has 0 bridgehead atoms. The van der Waals surface area contributed by atoms with Crippen LogP contribution in [-0.2, 0) is 15.6 Å². The third-order valence-electron chi connectivity index (χ3n) is 2.20. The normalized spacial score (nSPS) is 11.6. The van der Waals surface area contributed by atoms with Crippen LogP contribution in [0.5, 0.6) is 0 Å². The minimum Gasteiger partial charge on any atom is -0.223 e. The molecule has 0 saturated heterocycles. The van der Waals surface area contributed by atoms with Gasteiger partial charge in [0.1, 0.15) is 4.21 Å². The Morgan fingerprint density at radius 3 is 2.24 bits per heavy atom. The fraction of sp³-hybridized carbons (Fsp3) is 0.0909. The molecule has 1 heterocycles. The van der Waals surface area contributed by atoms with Gasteiger partial charge in [0, 0.05) is 15.6 Å². The van der Waals surface area contributed by atoms with E-state index in [4.69, 9.17) is 23.2 Å². The fourth-order valence-electron chi connectivity index (χ4n) is 1.37. The van der Waals surface area contributed by atoms with Crippen LogP contribution in [0, 0.1) is 0 Å². The van der Waals surface area contributed by atoms with Crippen LogP contribution in [-0.4, -0.2) is 8.42 Å². The number of hydrogen-bond acceptors (Lipinski definition) is 3. The van der Waals surface area contributed by atoms with E-state index in [9.17, 15) is 8.42 Å². The molecule has 0 aliphatic rings. The molecule has 17 heavy (non-hydrogen) atoms. The van der Waals surface area contributed by atoms with Crippen LogP contribution >= 0.6 is 34.5 Å². The second kappa shape index (κ2) is 4.98. The third-order valence-corrected chi connectivity index (χ3v) is 6.04. The topological polar surface area (TPSA) is 34.1 Å². The number of benzene rings is 1. The number of thiophene rings is 1. The molecule has 2 nitrogen and oxygen atoms in total. The van der Waals surface area contributed by atoms with Gasteiger partial charge in [0.25, 0.3) is 0 Å². The zero-order valence-electron chi connectivity index (χ0n) is 8.56. The van der Waals surface area contributed by atoms with E-state index < -0.39 is 9.84 Å². The summed E-state index contributed by atoms with van der Waals surface area (Å²) in [7, 11) is -3.37. The molecular weight excluding hydrogens is 299 g/mol. The van der Waals surface area contributed by atoms with Crippen molar-refractivity contribution in [2.75, 3.05) is 0 Å². The molecule has 0 radical (unpaired) electrons. The molecule has 6 heteroatoms. The van der Waals surface area contributed by atoms with Gasteiger partial charge in [-0.1, -0.05) is 35.3 Å². The van der Waals surface area contributed by atoms with E-state index in [1.165, 1.54) is 11.3 Å². The number of rotatable bonds is 3. The summed E-state index contributed by atoms with van der Waals surface area (Å²) in [5.41, 5.74) is 0.448. The second-order valence-corrected chi connectivity index (χ2v) is 7.37. The standard InChI is InChI=1S/C11H8Cl2O2S2/c12-9-3-1-4-10(13)8(9)7-17(14,15)11-5-2-6-16-11/h1-6H,7H2. The lowest BCUT2D eigenvalue weighted by atomic mass is 10.2. The molecule has 0 spiro atoms. The summed E-state index contributed by atoms with van der Waals surface area (Å²) in [5.74, 6) is -0.175. The Balaban J connectivity index is 2.40. The summed E-state index contributed by atoms with van der Waals surface area (Å²) in [6.07, 6.45) is 0. The minimum absolute atomic E-state index is 0.175. The Morgan fingerprint density at radius 2 is 1.71 bits per heavy atom. The molecule has 1 aromatic carbocycles. The molecule has 90 valence electrons. The highest BCUT2D eigenvalue weighted by Gasteiger charge is 2.19. The van der Waals surface area contributed by atoms with E-state index in [0.717, 1.165) is 0 Å². The summed E-state index contributed by atoms with van der Waals surface area (Å²) in [4.78, 5) is 0. The van der Waals surface area contributed by atoms with Crippen molar-refractivity contribution in [1.82, 2.24) is 0 Å². The predicted octanol–water partition coefficient (Wildman–Crippen LogP) is 4.03. The molecule has 0 unspecified atom stereocenters. The molecule has 0 saturated carbocycles. The number of sulfone groups is 1. The van der Waals surface area contributed by atoms with E-state index in [0.29, 0.717) is 19.8 Å². The van der Waals surface area contributed by atoms with Crippen molar-refractivity contribution in [3.05, 3.63) is 51.3 Å². The largest absolute Gasteiger partial charge is 0.223 e. The van der Waals surface area contributed by atoms with Crippen LogP contribution in [0.3, 0.4) is 0 Å². The van der Waals surface area contributed by atoms with Crippen molar-refractivity contribution >= 4 is 44.4 Å². The Bertz CT molecular complexity index is 599. The number of hydrogen-bond donors (Lipinski definition) is 0. The average molecular weight is 307 g/mol. The molecule has 0 atom stereocenters. The van der Waals surface area contributed by atoms with Crippen molar-refractivity contribution in [1.29, 1.82) is 0 Å². The van der Waals surface area contributed by atoms with Gasteiger partial charge in [0.05, 0.1) is 5.75 Å². The number of halogens is 2. The van der Waals surface area contributed by atoms with E-state index in [2.05, 4.69) is 0 Å². The Kier molecular flexibility index (Phi) is 3.78. The quantitative estimate of drug-likeness (QED) is 0.858. The first-order valence-corrected chi connectivity index (χ1v) is 7.98. The van der Waals surface area contributed by atoms with Gasteiger partial charge in [-0.2, -0.15) is 0 Å². The maximum absolute atomic E-state index is 12.1. The van der Waals surface area contributed by atoms with E-state index in [1.807, 2.05) is 0 Å². The lowest BCUT2D eigenvalue weighted by Crippen LogP contribution is -2.04. The SMILES string of the molecule is O=S(=O)(Cc1c(Cl)cccc1Cl)c1cccs1. The smallest absolute Gasteiger partial charge is 0.191 e. The summed E-state index contributed by atoms with van der Waals surface area (Å²) < 4.78 is 24.4. The van der Waals surface area contributed by atoms with Gasteiger partial charge in [-0.15, -0.1) is 11.3 Å². The first-order chi connectivity index (χ1) is 8.00. The van der Waals surface area contributed by atoms with Crippen LogP contribution in [0.2, 0.25) is 10.0 Å². The van der Waals surface area contributed by atoms with Crippen molar-refractivity contribution in [3.8, 4) is 0 Å². The zero-order chi connectivity index (χ0) is 12.5. The van der Waals surface area contributed by atoms with Crippen molar-refractivity contribution in [2.45, 2.75) is 9.96 Å². The van der Waals surface area contributed by atoms with Gasteiger partial charge >= 0.3 is 0 Å². The minimum atomic E-state index is -3.37. The van der Waals surface area contributed by atoms with E-state index in [-0.39, 0.29) is 5.75 Å². The summed E-state index contributed by atoms with van der Waals surface area (Å²) >= 11 is 13.1. The summed E-state index contributed by atoms with van der Waals surface area (Å²) in [5, 5.41) is 2.47. The highest BCUT2D eigenvalue weighted by atomic mass is 35.5. The molecule has 0 aliphatic heterocycles. The molecule has 2 rings (SSSR count). The zero-order valence-corrected chi connectivity index (χ0v) is 11.7. The maximum atomic E-state index is 12.1. The third kappa shape index (κ3) is 2.83. The van der Waals surface area contributed by atoms with Crippen LogP contribution in [0.25, 0.3) is 0 Å². The van der Waals surface area contributed by atoms with Crippen molar-refractivity contribution in [3.63, 3.8) is 0 Å². The molecule has 0 N–H and O–H groups in total. The highest BCUT2D eigenvalue weighted by Crippen LogP contribution is 2.29. The molecule has 0 fully saturated rings. The maximum Gasteiger partial charge on any atom is 0.191 e. The summed E-state index contributed by atoms with van der Waals surface area (Å²) in [6, 6.07) is 8.22. The molecular formula is C11H8Cl2O2S2. The van der Waals surface area contributed by atoms with Crippen LogP contribution < -0.4 is 0 Å². The van der Waals surface area contributed by atoms with Crippen LogP contribution in [0.15, 0.2) is 39.9 Å². The highest BCUT2D eigenvalue weighted by molar-refractivity contribution is 7.92.